The number of methoxy groups -OCH3 is 1. The van der Waals surface area contributed by atoms with Gasteiger partial charge in [0.2, 0.25) is 0 Å². The Morgan fingerprint density at radius 1 is 1.16 bits per heavy atom. The molecule has 2 N–H and O–H groups in total. The fourth-order valence-electron chi connectivity index (χ4n) is 2.40. The second-order valence-electron chi connectivity index (χ2n) is 5.31. The molecule has 126 valence electrons. The van der Waals surface area contributed by atoms with E-state index in [-0.39, 0.29) is 11.3 Å². The average molecular weight is 399 g/mol. The first-order chi connectivity index (χ1) is 12.1. The van der Waals surface area contributed by atoms with Crippen molar-refractivity contribution in [2.45, 2.75) is 0 Å². The van der Waals surface area contributed by atoms with Crippen molar-refractivity contribution >= 4 is 38.8 Å². The van der Waals surface area contributed by atoms with Gasteiger partial charge < -0.3 is 9.84 Å². The number of ether oxygens (including phenoxy) is 1. The Balaban J connectivity index is 1.76. The fourth-order valence-corrected chi connectivity index (χ4v) is 2.96. The molecule has 0 atom stereocenters. The molecule has 1 amide bonds. The molecule has 0 aromatic heterocycles. The predicted octanol–water partition coefficient (Wildman–Crippen LogP) is 4.08. The van der Waals surface area contributed by atoms with Gasteiger partial charge in [-0.3, -0.25) is 4.79 Å². The number of hydrogen-bond acceptors (Lipinski definition) is 4. The van der Waals surface area contributed by atoms with Crippen LogP contribution >= 0.6 is 15.9 Å². The first-order valence-corrected chi connectivity index (χ1v) is 8.26. The maximum atomic E-state index is 12.3. The molecule has 6 heteroatoms. The van der Waals surface area contributed by atoms with Gasteiger partial charge in [0.1, 0.15) is 11.5 Å². The Hall–Kier alpha value is -2.86. The second-order valence-corrected chi connectivity index (χ2v) is 6.16. The van der Waals surface area contributed by atoms with Crippen LogP contribution in [-0.4, -0.2) is 24.3 Å². The van der Waals surface area contributed by atoms with Crippen LogP contribution in [0.2, 0.25) is 0 Å². The van der Waals surface area contributed by atoms with Crippen LogP contribution in [0.3, 0.4) is 0 Å². The molecular weight excluding hydrogens is 384 g/mol. The molecule has 3 aromatic carbocycles. The van der Waals surface area contributed by atoms with Gasteiger partial charge in [0.25, 0.3) is 5.91 Å². The third-order valence-electron chi connectivity index (χ3n) is 3.66. The number of nitrogens with zero attached hydrogens (tertiary/aromatic N) is 1. The van der Waals surface area contributed by atoms with Crippen LogP contribution in [0.15, 0.2) is 64.2 Å². The van der Waals surface area contributed by atoms with E-state index in [1.807, 2.05) is 36.4 Å². The van der Waals surface area contributed by atoms with E-state index in [1.54, 1.807) is 25.3 Å². The number of halogens is 1. The van der Waals surface area contributed by atoms with Crippen LogP contribution < -0.4 is 10.2 Å². The SMILES string of the molecule is COc1ccc(C=NNC(=O)c2cc3ccccc3cc2O)cc1Br. The summed E-state index contributed by atoms with van der Waals surface area (Å²) in [5.41, 5.74) is 3.39. The minimum atomic E-state index is -0.480. The molecule has 0 saturated carbocycles. The summed E-state index contributed by atoms with van der Waals surface area (Å²) in [5.74, 6) is 0.146. The Kier molecular flexibility index (Phi) is 5.00. The highest BCUT2D eigenvalue weighted by Crippen LogP contribution is 2.26. The number of benzene rings is 3. The topological polar surface area (TPSA) is 70.9 Å². The van der Waals surface area contributed by atoms with E-state index in [9.17, 15) is 9.90 Å². The van der Waals surface area contributed by atoms with E-state index >= 15 is 0 Å². The van der Waals surface area contributed by atoms with Crippen molar-refractivity contribution in [1.29, 1.82) is 0 Å². The van der Waals surface area contributed by atoms with Crippen molar-refractivity contribution < 1.29 is 14.6 Å². The average Bonchev–Trinajstić information content (AvgIpc) is 2.61. The van der Waals surface area contributed by atoms with Crippen LogP contribution in [-0.2, 0) is 0 Å². The molecule has 0 aliphatic carbocycles. The molecule has 0 aliphatic rings. The molecule has 5 nitrogen and oxygen atoms in total. The van der Waals surface area contributed by atoms with Crippen molar-refractivity contribution in [2.75, 3.05) is 7.11 Å². The highest BCUT2D eigenvalue weighted by atomic mass is 79.9. The molecule has 0 bridgehead atoms. The van der Waals surface area contributed by atoms with E-state index in [1.165, 1.54) is 6.21 Å². The van der Waals surface area contributed by atoms with E-state index in [0.717, 1.165) is 20.8 Å². The molecule has 3 aromatic rings. The van der Waals surface area contributed by atoms with Crippen molar-refractivity contribution in [3.63, 3.8) is 0 Å². The lowest BCUT2D eigenvalue weighted by Gasteiger charge is -2.06. The maximum absolute atomic E-state index is 12.3. The quantitative estimate of drug-likeness (QED) is 0.513. The lowest BCUT2D eigenvalue weighted by atomic mass is 10.1. The van der Waals surface area contributed by atoms with Gasteiger partial charge in [-0.1, -0.05) is 24.3 Å². The predicted molar refractivity (Wildman–Crippen MR) is 101 cm³/mol. The molecule has 0 fully saturated rings. The minimum absolute atomic E-state index is 0.0846. The smallest absolute Gasteiger partial charge is 0.275 e. The van der Waals surface area contributed by atoms with Crippen molar-refractivity contribution in [1.82, 2.24) is 5.43 Å². The number of rotatable bonds is 4. The Morgan fingerprint density at radius 2 is 1.88 bits per heavy atom. The maximum Gasteiger partial charge on any atom is 0.275 e. The number of carbonyl (C=O) groups excluding carboxylic acids is 1. The van der Waals surface area contributed by atoms with Crippen LogP contribution in [0.4, 0.5) is 0 Å². The van der Waals surface area contributed by atoms with Crippen LogP contribution in [0.1, 0.15) is 15.9 Å². The van der Waals surface area contributed by atoms with Gasteiger partial charge in [-0.15, -0.1) is 0 Å². The van der Waals surface area contributed by atoms with Gasteiger partial charge in [-0.25, -0.2) is 5.43 Å². The molecule has 0 spiro atoms. The molecule has 0 unspecified atom stereocenters. The minimum Gasteiger partial charge on any atom is -0.507 e. The highest BCUT2D eigenvalue weighted by Gasteiger charge is 2.11. The molecule has 0 radical (unpaired) electrons. The van der Waals surface area contributed by atoms with E-state index in [4.69, 9.17) is 4.74 Å². The van der Waals surface area contributed by atoms with E-state index in [2.05, 4.69) is 26.5 Å². The summed E-state index contributed by atoms with van der Waals surface area (Å²) in [6.07, 6.45) is 1.51. The number of amides is 1. The molecule has 3 rings (SSSR count). The molecule has 0 heterocycles. The summed E-state index contributed by atoms with van der Waals surface area (Å²) < 4.78 is 5.95. The van der Waals surface area contributed by atoms with Gasteiger partial charge >= 0.3 is 0 Å². The number of hydrazone groups is 1. The number of aromatic hydroxyl groups is 1. The first-order valence-electron chi connectivity index (χ1n) is 7.47. The zero-order valence-electron chi connectivity index (χ0n) is 13.4. The van der Waals surface area contributed by atoms with Gasteiger partial charge in [0.15, 0.2) is 0 Å². The van der Waals surface area contributed by atoms with Crippen molar-refractivity contribution in [3.05, 3.63) is 70.2 Å². The van der Waals surface area contributed by atoms with E-state index in [0.29, 0.717) is 5.75 Å². The summed E-state index contributed by atoms with van der Waals surface area (Å²) in [5, 5.41) is 15.7. The number of phenolic OH excluding ortho intramolecular Hbond substituents is 1. The number of carbonyl (C=O) groups is 1. The normalized spacial score (nSPS) is 11.0. The zero-order chi connectivity index (χ0) is 17.8. The van der Waals surface area contributed by atoms with Crippen LogP contribution in [0.5, 0.6) is 11.5 Å². The molecule has 0 aliphatic heterocycles. The lowest BCUT2D eigenvalue weighted by Crippen LogP contribution is -2.17. The Labute approximate surface area is 153 Å². The molecular formula is C19H15BrN2O3. The van der Waals surface area contributed by atoms with Gasteiger partial charge in [-0.05, 0) is 62.6 Å². The van der Waals surface area contributed by atoms with Crippen molar-refractivity contribution in [3.8, 4) is 11.5 Å². The zero-order valence-corrected chi connectivity index (χ0v) is 14.9. The third-order valence-corrected chi connectivity index (χ3v) is 4.28. The van der Waals surface area contributed by atoms with Crippen molar-refractivity contribution in [2.24, 2.45) is 5.10 Å². The number of hydrogen-bond donors (Lipinski definition) is 2. The van der Waals surface area contributed by atoms with Crippen LogP contribution in [0, 0.1) is 0 Å². The molecule has 25 heavy (non-hydrogen) atoms. The van der Waals surface area contributed by atoms with E-state index < -0.39 is 5.91 Å². The van der Waals surface area contributed by atoms with Gasteiger partial charge in [-0.2, -0.15) is 5.10 Å². The standard InChI is InChI=1S/C19H15BrN2O3/c1-25-18-7-6-12(8-16(18)20)11-21-22-19(24)15-9-13-4-2-3-5-14(13)10-17(15)23/h2-11,23H,1H3,(H,22,24). The summed E-state index contributed by atoms with van der Waals surface area (Å²) in [6, 6.07) is 16.1. The first kappa shape index (κ1) is 17.0. The second kappa shape index (κ2) is 7.36. The number of phenols is 1. The summed E-state index contributed by atoms with van der Waals surface area (Å²) in [6.45, 7) is 0. The largest absolute Gasteiger partial charge is 0.507 e. The molecule has 0 saturated heterocycles. The number of fused-ring (bicyclic) bond motifs is 1. The third kappa shape index (κ3) is 3.80. The highest BCUT2D eigenvalue weighted by molar-refractivity contribution is 9.10. The van der Waals surface area contributed by atoms with Gasteiger partial charge in [0, 0.05) is 0 Å². The van der Waals surface area contributed by atoms with Crippen LogP contribution in [0.25, 0.3) is 10.8 Å². The van der Waals surface area contributed by atoms with Gasteiger partial charge in [0.05, 0.1) is 23.4 Å². The summed E-state index contributed by atoms with van der Waals surface area (Å²) >= 11 is 3.39. The fraction of sp³-hybridized carbons (Fsp3) is 0.0526. The Morgan fingerprint density at radius 3 is 2.56 bits per heavy atom. The summed E-state index contributed by atoms with van der Waals surface area (Å²) in [7, 11) is 1.59. The summed E-state index contributed by atoms with van der Waals surface area (Å²) in [4.78, 5) is 12.3. The number of nitrogens with one attached hydrogen (secondary N) is 1. The lowest BCUT2D eigenvalue weighted by molar-refractivity contribution is 0.0952. The Bertz CT molecular complexity index is 970. The monoisotopic (exact) mass is 398 g/mol.